The second-order valence-corrected chi connectivity index (χ2v) is 9.13. The third-order valence-corrected chi connectivity index (χ3v) is 4.89. The summed E-state index contributed by atoms with van der Waals surface area (Å²) >= 11 is 0. The average molecular weight is 412 g/mol. The van der Waals surface area contributed by atoms with Gasteiger partial charge in [-0.1, -0.05) is 0 Å². The molecule has 0 bridgehead atoms. The quantitative estimate of drug-likeness (QED) is 0.347. The molecular weight excluding hydrogens is 374 g/mol. The van der Waals surface area contributed by atoms with Crippen molar-refractivity contribution in [3.8, 4) is 0 Å². The van der Waals surface area contributed by atoms with Gasteiger partial charge in [0.25, 0.3) is 0 Å². The fourth-order valence-corrected chi connectivity index (χ4v) is 3.40. The van der Waals surface area contributed by atoms with E-state index in [4.69, 9.17) is 9.47 Å². The normalized spacial score (nSPS) is 24.2. The number of ether oxygens (including phenoxy) is 2. The lowest BCUT2D eigenvalue weighted by Crippen LogP contribution is -2.54. The Labute approximate surface area is 174 Å². The summed E-state index contributed by atoms with van der Waals surface area (Å²) in [6.07, 6.45) is 1.42. The lowest BCUT2D eigenvalue weighted by Gasteiger charge is -2.35. The molecule has 1 aliphatic heterocycles. The topological polar surface area (TPSA) is 104 Å². The van der Waals surface area contributed by atoms with Crippen LogP contribution in [0.5, 0.6) is 0 Å². The van der Waals surface area contributed by atoms with Crippen LogP contribution >= 0.6 is 0 Å². The van der Waals surface area contributed by atoms with Crippen LogP contribution in [-0.4, -0.2) is 73.0 Å². The highest BCUT2D eigenvalue weighted by Gasteiger charge is 2.49. The van der Waals surface area contributed by atoms with Crippen LogP contribution in [0.4, 0.5) is 4.79 Å². The van der Waals surface area contributed by atoms with Crippen molar-refractivity contribution in [2.24, 2.45) is 10.9 Å². The molecule has 2 amide bonds. The maximum Gasteiger partial charge on any atom is 0.412 e. The third kappa shape index (κ3) is 6.76. The van der Waals surface area contributed by atoms with Gasteiger partial charge in [0.2, 0.25) is 5.91 Å². The van der Waals surface area contributed by atoms with E-state index in [1.54, 1.807) is 11.9 Å². The Bertz CT molecular complexity index is 625. The second-order valence-electron chi connectivity index (χ2n) is 9.13. The van der Waals surface area contributed by atoms with Gasteiger partial charge in [-0.3, -0.25) is 14.7 Å². The molecule has 2 atom stereocenters. The molecule has 2 aliphatic rings. The number of nitrogens with zero attached hydrogens (tertiary/aromatic N) is 2. The van der Waals surface area contributed by atoms with Gasteiger partial charge in [0.15, 0.2) is 5.96 Å². The third-order valence-electron chi connectivity index (χ3n) is 4.89. The van der Waals surface area contributed by atoms with E-state index < -0.39 is 17.4 Å². The molecule has 2 unspecified atom stereocenters. The maximum absolute atomic E-state index is 12.8. The molecule has 2 rings (SSSR count). The molecule has 1 heterocycles. The first-order chi connectivity index (χ1) is 13.4. The molecule has 1 aliphatic carbocycles. The van der Waals surface area contributed by atoms with E-state index in [0.29, 0.717) is 25.6 Å². The van der Waals surface area contributed by atoms with Crippen LogP contribution in [0, 0.1) is 5.92 Å². The number of rotatable bonds is 6. The minimum atomic E-state index is -0.766. The number of carbonyl (C=O) groups excluding carboxylic acids is 2. The highest BCUT2D eigenvalue weighted by Crippen LogP contribution is 2.33. The number of nitrogens with one attached hydrogen (secondary N) is 3. The van der Waals surface area contributed by atoms with Crippen LogP contribution in [0.3, 0.4) is 0 Å². The Kier molecular flexibility index (Phi) is 7.37. The zero-order valence-corrected chi connectivity index (χ0v) is 18.8. The van der Waals surface area contributed by atoms with Crippen molar-refractivity contribution in [2.75, 3.05) is 26.7 Å². The average Bonchev–Trinajstić information content (AvgIpc) is 3.38. The number of aliphatic imine (C=N–C) groups is 1. The largest absolute Gasteiger partial charge is 0.444 e. The molecule has 0 aromatic heterocycles. The van der Waals surface area contributed by atoms with Gasteiger partial charge in [-0.2, -0.15) is 0 Å². The highest BCUT2D eigenvalue weighted by atomic mass is 16.6. The van der Waals surface area contributed by atoms with Gasteiger partial charge in [0, 0.05) is 32.6 Å². The molecule has 29 heavy (non-hydrogen) atoms. The second kappa shape index (κ2) is 9.19. The van der Waals surface area contributed by atoms with E-state index >= 15 is 0 Å². The van der Waals surface area contributed by atoms with E-state index in [2.05, 4.69) is 20.9 Å². The van der Waals surface area contributed by atoms with Crippen molar-refractivity contribution in [1.29, 1.82) is 0 Å². The molecule has 0 aromatic rings. The number of guanidine groups is 1. The molecule has 0 spiro atoms. The number of amides is 2. The Hall–Kier alpha value is -2.03. The summed E-state index contributed by atoms with van der Waals surface area (Å²) in [5.41, 5.74) is -1.35. The zero-order valence-electron chi connectivity index (χ0n) is 18.8. The molecule has 2 fully saturated rings. The van der Waals surface area contributed by atoms with E-state index in [1.165, 1.54) is 0 Å². The number of carbonyl (C=O) groups is 2. The Morgan fingerprint density at radius 3 is 2.34 bits per heavy atom. The summed E-state index contributed by atoms with van der Waals surface area (Å²) < 4.78 is 11.6. The summed E-state index contributed by atoms with van der Waals surface area (Å²) in [5.74, 6) is 0.937. The lowest BCUT2D eigenvalue weighted by molar-refractivity contribution is -0.122. The summed E-state index contributed by atoms with van der Waals surface area (Å²) in [4.78, 5) is 30.3. The van der Waals surface area contributed by atoms with Crippen molar-refractivity contribution in [1.82, 2.24) is 20.9 Å². The number of hydrogen-bond donors (Lipinski definition) is 3. The minimum Gasteiger partial charge on any atom is -0.444 e. The Morgan fingerprint density at radius 2 is 1.79 bits per heavy atom. The maximum atomic E-state index is 12.8. The van der Waals surface area contributed by atoms with Crippen LogP contribution in [0.2, 0.25) is 0 Å². The SMILES string of the molecule is CN=C(NCCNC(=O)C1CC1)NCC1C(C)OC(C)(C)N1C(=O)OC(C)(C)C. The smallest absolute Gasteiger partial charge is 0.412 e. The van der Waals surface area contributed by atoms with Crippen molar-refractivity contribution in [3.05, 3.63) is 0 Å². The zero-order chi connectivity index (χ0) is 21.8. The molecule has 0 radical (unpaired) electrons. The number of hydrogen-bond acceptors (Lipinski definition) is 5. The first kappa shape index (κ1) is 23.3. The van der Waals surface area contributed by atoms with Crippen molar-refractivity contribution < 1.29 is 19.1 Å². The van der Waals surface area contributed by atoms with Gasteiger partial charge < -0.3 is 25.4 Å². The lowest BCUT2D eigenvalue weighted by atomic mass is 10.1. The molecule has 1 saturated carbocycles. The van der Waals surface area contributed by atoms with E-state index in [1.807, 2.05) is 41.5 Å². The molecule has 166 valence electrons. The first-order valence-corrected chi connectivity index (χ1v) is 10.4. The van der Waals surface area contributed by atoms with E-state index in [-0.39, 0.29) is 24.0 Å². The van der Waals surface area contributed by atoms with Crippen molar-refractivity contribution >= 4 is 18.0 Å². The summed E-state index contributed by atoms with van der Waals surface area (Å²) in [6.45, 7) is 12.8. The standard InChI is InChI=1S/C20H37N5O4/c1-13-15(25(20(5,6)28-13)18(27)29-19(2,3)4)12-24-17(21-7)23-11-10-22-16(26)14-8-9-14/h13-15H,8-12H2,1-7H3,(H,22,26)(H2,21,23,24). The van der Waals surface area contributed by atoms with E-state index in [0.717, 1.165) is 12.8 Å². The fourth-order valence-electron chi connectivity index (χ4n) is 3.40. The molecule has 9 nitrogen and oxygen atoms in total. The summed E-state index contributed by atoms with van der Waals surface area (Å²) in [6, 6.07) is -0.215. The van der Waals surface area contributed by atoms with Crippen molar-refractivity contribution in [3.63, 3.8) is 0 Å². The summed E-state index contributed by atoms with van der Waals surface area (Å²) in [7, 11) is 1.68. The summed E-state index contributed by atoms with van der Waals surface area (Å²) in [5, 5.41) is 9.33. The van der Waals surface area contributed by atoms with Gasteiger partial charge in [0.1, 0.15) is 11.3 Å². The Balaban J connectivity index is 1.87. The highest BCUT2D eigenvalue weighted by molar-refractivity contribution is 5.81. The molecule has 0 aromatic carbocycles. The van der Waals surface area contributed by atoms with Crippen LogP contribution in [0.25, 0.3) is 0 Å². The van der Waals surface area contributed by atoms with Gasteiger partial charge in [-0.15, -0.1) is 0 Å². The fraction of sp³-hybridized carbons (Fsp3) is 0.850. The van der Waals surface area contributed by atoms with Crippen LogP contribution < -0.4 is 16.0 Å². The van der Waals surface area contributed by atoms with E-state index in [9.17, 15) is 9.59 Å². The van der Waals surface area contributed by atoms with Crippen LogP contribution in [0.1, 0.15) is 54.4 Å². The monoisotopic (exact) mass is 411 g/mol. The molecule has 3 N–H and O–H groups in total. The predicted octanol–water partition coefficient (Wildman–Crippen LogP) is 1.44. The molecule has 9 heteroatoms. The van der Waals surface area contributed by atoms with Crippen molar-refractivity contribution in [2.45, 2.75) is 77.9 Å². The van der Waals surface area contributed by atoms with Gasteiger partial charge >= 0.3 is 6.09 Å². The van der Waals surface area contributed by atoms with Crippen LogP contribution in [-0.2, 0) is 14.3 Å². The molecule has 1 saturated heterocycles. The molecular formula is C20H37N5O4. The van der Waals surface area contributed by atoms with Gasteiger partial charge in [0.05, 0.1) is 12.1 Å². The first-order valence-electron chi connectivity index (χ1n) is 10.4. The Morgan fingerprint density at radius 1 is 1.17 bits per heavy atom. The van der Waals surface area contributed by atoms with Crippen LogP contribution in [0.15, 0.2) is 4.99 Å². The predicted molar refractivity (Wildman–Crippen MR) is 112 cm³/mol. The van der Waals surface area contributed by atoms with Gasteiger partial charge in [-0.05, 0) is 54.4 Å². The minimum absolute atomic E-state index is 0.127. The van der Waals surface area contributed by atoms with Gasteiger partial charge in [-0.25, -0.2) is 4.79 Å².